The van der Waals surface area contributed by atoms with Gasteiger partial charge in [-0.1, -0.05) is 51.7 Å². The molecule has 1 aromatic rings. The summed E-state index contributed by atoms with van der Waals surface area (Å²) < 4.78 is 0. The fourth-order valence-corrected chi connectivity index (χ4v) is 3.47. The summed E-state index contributed by atoms with van der Waals surface area (Å²) in [5.41, 5.74) is 2.10. The molecule has 0 spiro atoms. The van der Waals surface area contributed by atoms with E-state index in [-0.39, 0.29) is 5.91 Å². The maximum atomic E-state index is 12.7. The van der Waals surface area contributed by atoms with Gasteiger partial charge in [0, 0.05) is 25.2 Å². The molecule has 3 nitrogen and oxygen atoms in total. The lowest BCUT2D eigenvalue weighted by atomic mass is 10.1. The van der Waals surface area contributed by atoms with Crippen molar-refractivity contribution >= 4 is 5.91 Å². The van der Waals surface area contributed by atoms with Gasteiger partial charge >= 0.3 is 0 Å². The summed E-state index contributed by atoms with van der Waals surface area (Å²) in [6.45, 7) is 7.44. The van der Waals surface area contributed by atoms with Crippen LogP contribution in [0.15, 0.2) is 24.3 Å². The van der Waals surface area contributed by atoms with Gasteiger partial charge in [-0.25, -0.2) is 0 Å². The molecule has 1 aliphatic rings. The van der Waals surface area contributed by atoms with Gasteiger partial charge < -0.3 is 4.90 Å². The molecule has 0 atom stereocenters. The highest BCUT2D eigenvalue weighted by Gasteiger charge is 2.22. The van der Waals surface area contributed by atoms with Crippen LogP contribution in [0.4, 0.5) is 0 Å². The summed E-state index contributed by atoms with van der Waals surface area (Å²) in [4.78, 5) is 17.1. The van der Waals surface area contributed by atoms with Crippen LogP contribution in [0.25, 0.3) is 0 Å². The van der Waals surface area contributed by atoms with Crippen molar-refractivity contribution in [2.24, 2.45) is 0 Å². The Hall–Kier alpha value is -1.35. The Labute approximate surface area is 141 Å². The van der Waals surface area contributed by atoms with Crippen molar-refractivity contribution in [2.75, 3.05) is 20.1 Å². The van der Waals surface area contributed by atoms with Crippen molar-refractivity contribution in [3.05, 3.63) is 35.4 Å². The van der Waals surface area contributed by atoms with Gasteiger partial charge in [-0.05, 0) is 43.6 Å². The van der Waals surface area contributed by atoms with E-state index >= 15 is 0 Å². The highest BCUT2D eigenvalue weighted by atomic mass is 16.2. The van der Waals surface area contributed by atoms with Crippen LogP contribution >= 0.6 is 0 Å². The van der Waals surface area contributed by atoms with Crippen LogP contribution in [0.2, 0.25) is 0 Å². The first kappa shape index (κ1) is 18.0. The van der Waals surface area contributed by atoms with Gasteiger partial charge in [0.15, 0.2) is 0 Å². The molecule has 128 valence electrons. The number of carbonyl (C=O) groups is 1. The number of hydrogen-bond acceptors (Lipinski definition) is 2. The van der Waals surface area contributed by atoms with Crippen LogP contribution in [-0.2, 0) is 6.54 Å². The molecule has 0 heterocycles. The standard InChI is InChI=1S/C20H32N2O/c1-4-22(5-2)16-17-12-14-18(15-13-17)20(23)21(3)19-10-8-6-7-9-11-19/h12-15,19H,4-11,16H2,1-3H3. The molecule has 1 amide bonds. The smallest absolute Gasteiger partial charge is 0.253 e. The molecule has 23 heavy (non-hydrogen) atoms. The van der Waals surface area contributed by atoms with Gasteiger partial charge in [0.05, 0.1) is 0 Å². The predicted octanol–water partition coefficient (Wildman–Crippen LogP) is 4.32. The zero-order chi connectivity index (χ0) is 16.7. The lowest BCUT2D eigenvalue weighted by molar-refractivity contribution is 0.0717. The molecule has 0 aromatic heterocycles. The van der Waals surface area contributed by atoms with Crippen molar-refractivity contribution in [3.8, 4) is 0 Å². The summed E-state index contributed by atoms with van der Waals surface area (Å²) in [5.74, 6) is 0.172. The molecule has 0 N–H and O–H groups in total. The molecule has 1 saturated carbocycles. The largest absolute Gasteiger partial charge is 0.339 e. The normalized spacial score (nSPS) is 16.3. The Balaban J connectivity index is 1.98. The number of hydrogen-bond donors (Lipinski definition) is 0. The number of rotatable bonds is 6. The molecule has 1 aromatic carbocycles. The number of benzene rings is 1. The van der Waals surface area contributed by atoms with Gasteiger partial charge in [-0.2, -0.15) is 0 Å². The molecular weight excluding hydrogens is 284 g/mol. The van der Waals surface area contributed by atoms with E-state index in [0.29, 0.717) is 6.04 Å². The summed E-state index contributed by atoms with van der Waals surface area (Å²) in [5, 5.41) is 0. The number of nitrogens with zero attached hydrogens (tertiary/aromatic N) is 2. The minimum atomic E-state index is 0.172. The number of amides is 1. The molecule has 0 saturated heterocycles. The highest BCUT2D eigenvalue weighted by Crippen LogP contribution is 2.22. The van der Waals surface area contributed by atoms with Crippen molar-refractivity contribution in [1.82, 2.24) is 9.80 Å². The van der Waals surface area contributed by atoms with E-state index in [1.807, 2.05) is 24.1 Å². The first-order valence-corrected chi connectivity index (χ1v) is 9.24. The topological polar surface area (TPSA) is 23.6 Å². The molecule has 0 radical (unpaired) electrons. The van der Waals surface area contributed by atoms with E-state index in [1.54, 1.807) is 0 Å². The zero-order valence-corrected chi connectivity index (χ0v) is 15.1. The lowest BCUT2D eigenvalue weighted by Crippen LogP contribution is -2.36. The Morgan fingerprint density at radius 1 is 1.00 bits per heavy atom. The molecule has 0 aliphatic heterocycles. The van der Waals surface area contributed by atoms with Crippen LogP contribution in [0.5, 0.6) is 0 Å². The first-order valence-electron chi connectivity index (χ1n) is 9.24. The first-order chi connectivity index (χ1) is 11.2. The molecule has 1 fully saturated rings. The fourth-order valence-electron chi connectivity index (χ4n) is 3.47. The van der Waals surface area contributed by atoms with Gasteiger partial charge in [-0.15, -0.1) is 0 Å². The van der Waals surface area contributed by atoms with Crippen molar-refractivity contribution in [1.29, 1.82) is 0 Å². The Morgan fingerprint density at radius 2 is 1.57 bits per heavy atom. The quantitative estimate of drug-likeness (QED) is 0.730. The predicted molar refractivity (Wildman–Crippen MR) is 96.7 cm³/mol. The Kier molecular flexibility index (Phi) is 7.10. The molecule has 2 rings (SSSR count). The third-order valence-electron chi connectivity index (χ3n) is 5.19. The van der Waals surface area contributed by atoms with E-state index in [4.69, 9.17) is 0 Å². The zero-order valence-electron chi connectivity index (χ0n) is 15.1. The Morgan fingerprint density at radius 3 is 2.09 bits per heavy atom. The second kappa shape index (κ2) is 9.07. The SMILES string of the molecule is CCN(CC)Cc1ccc(C(=O)N(C)C2CCCCCC2)cc1. The summed E-state index contributed by atoms with van der Waals surface area (Å²) in [6, 6.07) is 8.61. The third kappa shape index (κ3) is 5.07. The maximum Gasteiger partial charge on any atom is 0.253 e. The molecule has 1 aliphatic carbocycles. The van der Waals surface area contributed by atoms with Crippen LogP contribution in [0.3, 0.4) is 0 Å². The average Bonchev–Trinajstić information content (AvgIpc) is 2.88. The second-order valence-electron chi connectivity index (χ2n) is 6.72. The van der Waals surface area contributed by atoms with Gasteiger partial charge in [0.2, 0.25) is 0 Å². The molecule has 0 bridgehead atoms. The van der Waals surface area contributed by atoms with Crippen molar-refractivity contribution < 1.29 is 4.79 Å². The summed E-state index contributed by atoms with van der Waals surface area (Å²) in [7, 11) is 1.97. The van der Waals surface area contributed by atoms with Crippen LogP contribution < -0.4 is 0 Å². The van der Waals surface area contributed by atoms with E-state index in [2.05, 4.69) is 30.9 Å². The van der Waals surface area contributed by atoms with Gasteiger partial charge in [-0.3, -0.25) is 9.69 Å². The van der Waals surface area contributed by atoms with Crippen molar-refractivity contribution in [2.45, 2.75) is 65.0 Å². The molecular formula is C20H32N2O. The minimum Gasteiger partial charge on any atom is -0.339 e. The third-order valence-corrected chi connectivity index (χ3v) is 5.19. The maximum absolute atomic E-state index is 12.7. The van der Waals surface area contributed by atoms with E-state index in [9.17, 15) is 4.79 Å². The minimum absolute atomic E-state index is 0.172. The highest BCUT2D eigenvalue weighted by molar-refractivity contribution is 5.94. The summed E-state index contributed by atoms with van der Waals surface area (Å²) in [6.07, 6.45) is 7.46. The average molecular weight is 316 g/mol. The van der Waals surface area contributed by atoms with Gasteiger partial charge in [0.25, 0.3) is 5.91 Å². The second-order valence-corrected chi connectivity index (χ2v) is 6.72. The van der Waals surface area contributed by atoms with Gasteiger partial charge in [0.1, 0.15) is 0 Å². The van der Waals surface area contributed by atoms with Crippen molar-refractivity contribution in [3.63, 3.8) is 0 Å². The fraction of sp³-hybridized carbons (Fsp3) is 0.650. The van der Waals surface area contributed by atoms with E-state index in [0.717, 1.165) is 38.0 Å². The van der Waals surface area contributed by atoms with E-state index in [1.165, 1.54) is 31.2 Å². The molecule has 0 unspecified atom stereocenters. The van der Waals surface area contributed by atoms with Crippen LogP contribution in [0, 0.1) is 0 Å². The summed E-state index contributed by atoms with van der Waals surface area (Å²) >= 11 is 0. The lowest BCUT2D eigenvalue weighted by Gasteiger charge is -2.27. The monoisotopic (exact) mass is 316 g/mol. The van der Waals surface area contributed by atoms with E-state index < -0.39 is 0 Å². The van der Waals surface area contributed by atoms with Crippen LogP contribution in [0.1, 0.15) is 68.3 Å². The molecule has 3 heteroatoms. The Bertz CT molecular complexity index is 471. The number of carbonyl (C=O) groups excluding carboxylic acids is 1. The van der Waals surface area contributed by atoms with Crippen LogP contribution in [-0.4, -0.2) is 41.9 Å².